The summed E-state index contributed by atoms with van der Waals surface area (Å²) in [4.78, 5) is 58.3. The van der Waals surface area contributed by atoms with Gasteiger partial charge in [-0.05, 0) is 66.4 Å². The first-order chi connectivity index (χ1) is 24.7. The molecule has 3 heterocycles. The second-order valence-electron chi connectivity index (χ2n) is 13.1. The Balaban J connectivity index is 1.40. The smallest absolute Gasteiger partial charge is 0.352 e. The number of anilines is 1. The van der Waals surface area contributed by atoms with E-state index >= 15 is 4.79 Å². The number of hydrogen-bond donors (Lipinski definition) is 2. The van der Waals surface area contributed by atoms with Gasteiger partial charge >= 0.3 is 11.4 Å². The molecule has 1 saturated heterocycles. The maximum atomic E-state index is 15.3. The van der Waals surface area contributed by atoms with E-state index in [9.17, 15) is 19.5 Å². The fraction of sp³-hybridized carbons (Fsp3) is 0.231. The number of aromatic nitrogens is 3. The molecule has 2 N–H and O–H groups in total. The Labute approximate surface area is 292 Å². The van der Waals surface area contributed by atoms with Crippen LogP contribution in [0.5, 0.6) is 17.2 Å². The zero-order chi connectivity index (χ0) is 35.6. The van der Waals surface area contributed by atoms with Gasteiger partial charge in [0.25, 0.3) is 11.8 Å². The summed E-state index contributed by atoms with van der Waals surface area (Å²) in [6.07, 6.45) is 1.93. The minimum absolute atomic E-state index is 0.0472. The molecule has 0 unspecified atom stereocenters. The van der Waals surface area contributed by atoms with Crippen LogP contribution in [0, 0.1) is 12.8 Å². The van der Waals surface area contributed by atoms with Gasteiger partial charge in [0.05, 0.1) is 49.5 Å². The van der Waals surface area contributed by atoms with Crippen molar-refractivity contribution in [3.8, 4) is 22.9 Å². The van der Waals surface area contributed by atoms with Crippen LogP contribution in [-0.4, -0.2) is 50.1 Å². The SMILES string of the molecule is COc1cc([C@H]2C3=CCn4c(=O)n(-c5ccccc5)c(=O)n4[C@@H]3C[C@H]3C(=O)N(Nc4ccc(C)cc4)C(=O)[C@@]23c2ccccc2)cc(OC)c1O. The number of para-hydroxylation sites is 1. The Kier molecular flexibility index (Phi) is 7.48. The molecule has 2 fully saturated rings. The molecule has 12 heteroatoms. The maximum Gasteiger partial charge on any atom is 0.352 e. The van der Waals surface area contributed by atoms with Crippen LogP contribution in [-0.2, 0) is 21.5 Å². The predicted octanol–water partition coefficient (Wildman–Crippen LogP) is 4.45. The third-order valence-corrected chi connectivity index (χ3v) is 10.5. The molecule has 8 rings (SSSR count). The number of hydrogen-bond acceptors (Lipinski definition) is 8. The van der Waals surface area contributed by atoms with Crippen LogP contribution in [0.3, 0.4) is 0 Å². The van der Waals surface area contributed by atoms with E-state index in [0.29, 0.717) is 28.1 Å². The number of nitrogens with zero attached hydrogens (tertiary/aromatic N) is 4. The quantitative estimate of drug-likeness (QED) is 0.190. The lowest BCUT2D eigenvalue weighted by Crippen LogP contribution is -2.53. The van der Waals surface area contributed by atoms with Gasteiger partial charge in [0.15, 0.2) is 11.5 Å². The van der Waals surface area contributed by atoms with E-state index in [0.717, 1.165) is 15.1 Å². The molecule has 0 spiro atoms. The molecular weight excluding hydrogens is 650 g/mol. The van der Waals surface area contributed by atoms with Crippen LogP contribution < -0.4 is 26.3 Å². The summed E-state index contributed by atoms with van der Waals surface area (Å²) in [5.74, 6) is -2.81. The lowest BCUT2D eigenvalue weighted by Gasteiger charge is -2.49. The molecule has 1 saturated carbocycles. The van der Waals surface area contributed by atoms with Gasteiger partial charge in [0, 0.05) is 5.92 Å². The van der Waals surface area contributed by atoms with E-state index < -0.39 is 46.5 Å². The Bertz CT molecular complexity index is 2320. The summed E-state index contributed by atoms with van der Waals surface area (Å²) in [5, 5.41) is 12.0. The van der Waals surface area contributed by atoms with Crippen molar-refractivity contribution in [3.05, 3.63) is 146 Å². The molecule has 2 amide bonds. The van der Waals surface area contributed by atoms with Gasteiger partial charge in [0.1, 0.15) is 0 Å². The highest BCUT2D eigenvalue weighted by atomic mass is 16.5. The van der Waals surface area contributed by atoms with E-state index in [1.54, 1.807) is 54.6 Å². The van der Waals surface area contributed by atoms with Crippen LogP contribution in [0.15, 0.2) is 118 Å². The topological polar surface area (TPSA) is 137 Å². The Morgan fingerprint density at radius 1 is 0.824 bits per heavy atom. The minimum atomic E-state index is -1.51. The number of aromatic hydroxyl groups is 1. The van der Waals surface area contributed by atoms with Crippen LogP contribution in [0.1, 0.15) is 35.1 Å². The van der Waals surface area contributed by atoms with E-state index in [1.165, 1.54) is 23.6 Å². The van der Waals surface area contributed by atoms with Crippen LogP contribution in [0.2, 0.25) is 0 Å². The summed E-state index contributed by atoms with van der Waals surface area (Å²) in [5.41, 5.74) is 4.30. The van der Waals surface area contributed by atoms with Gasteiger partial charge in [0.2, 0.25) is 5.75 Å². The van der Waals surface area contributed by atoms with Crippen LogP contribution in [0.4, 0.5) is 5.69 Å². The van der Waals surface area contributed by atoms with Gasteiger partial charge in [-0.3, -0.25) is 15.0 Å². The van der Waals surface area contributed by atoms with E-state index in [1.807, 2.05) is 55.5 Å². The maximum absolute atomic E-state index is 15.3. The number of carbonyl (C=O) groups excluding carboxylic acids is 2. The third kappa shape index (κ3) is 4.59. The molecule has 0 bridgehead atoms. The summed E-state index contributed by atoms with van der Waals surface area (Å²) < 4.78 is 15.1. The summed E-state index contributed by atoms with van der Waals surface area (Å²) in [7, 11) is 2.83. The molecule has 4 aromatic carbocycles. The number of phenols is 1. The van der Waals surface area contributed by atoms with Gasteiger partial charge in [-0.25, -0.2) is 23.5 Å². The molecule has 3 aliphatic rings. The van der Waals surface area contributed by atoms with Gasteiger partial charge in [-0.1, -0.05) is 72.3 Å². The number of phenolic OH excluding ortho intramolecular Hbond substituents is 1. The van der Waals surface area contributed by atoms with Crippen molar-refractivity contribution in [1.29, 1.82) is 0 Å². The first-order valence-electron chi connectivity index (χ1n) is 16.6. The number of fused-ring (bicyclic) bond motifs is 4. The minimum Gasteiger partial charge on any atom is -0.502 e. The van der Waals surface area contributed by atoms with E-state index in [2.05, 4.69) is 5.43 Å². The zero-order valence-electron chi connectivity index (χ0n) is 28.1. The summed E-state index contributed by atoms with van der Waals surface area (Å²) in [6.45, 7) is 1.99. The molecule has 4 atom stereocenters. The standard InChI is InChI=1S/C39H35N5O7/c1-23-14-16-26(17-15-23)40-43-35(46)29-22-30-28(18-19-41-37(48)42(38(49)44(30)41)27-12-8-5-9-13-27)33(24-20-31(50-2)34(45)32(21-24)51-3)39(29,36(43)47)25-10-6-4-7-11-25/h4-18,20-21,29-30,33,40,45H,19,22H2,1-3H3/t29-,30+,33-,39+/m0/s1. The van der Waals surface area contributed by atoms with Crippen LogP contribution >= 0.6 is 0 Å². The average Bonchev–Trinajstić information content (AvgIpc) is 3.54. The first-order valence-corrected chi connectivity index (χ1v) is 16.6. The Morgan fingerprint density at radius 3 is 2.08 bits per heavy atom. The van der Waals surface area contributed by atoms with Crippen molar-refractivity contribution < 1.29 is 24.2 Å². The zero-order valence-corrected chi connectivity index (χ0v) is 28.1. The van der Waals surface area contributed by atoms with Gasteiger partial charge < -0.3 is 14.6 Å². The normalized spacial score (nSPS) is 22.1. The van der Waals surface area contributed by atoms with Crippen molar-refractivity contribution >= 4 is 17.5 Å². The fourth-order valence-corrected chi connectivity index (χ4v) is 8.26. The summed E-state index contributed by atoms with van der Waals surface area (Å²) >= 11 is 0. The molecule has 1 aromatic heterocycles. The van der Waals surface area contributed by atoms with Crippen molar-refractivity contribution in [3.63, 3.8) is 0 Å². The monoisotopic (exact) mass is 685 g/mol. The van der Waals surface area contributed by atoms with Gasteiger partial charge in [-0.15, -0.1) is 0 Å². The number of benzene rings is 4. The van der Waals surface area contributed by atoms with Crippen molar-refractivity contribution in [2.45, 2.75) is 37.3 Å². The number of aryl methyl sites for hydroxylation is 1. The second kappa shape index (κ2) is 11.9. The number of imide groups is 1. The molecular formula is C39H35N5O7. The number of hydrazine groups is 1. The first kappa shape index (κ1) is 31.9. The molecule has 0 radical (unpaired) electrons. The van der Waals surface area contributed by atoms with Crippen molar-refractivity contribution in [2.24, 2.45) is 5.92 Å². The van der Waals surface area contributed by atoms with Gasteiger partial charge in [-0.2, -0.15) is 5.01 Å². The molecule has 1 aliphatic carbocycles. The number of methoxy groups -OCH3 is 2. The van der Waals surface area contributed by atoms with E-state index in [-0.39, 0.29) is 30.2 Å². The molecule has 5 aromatic rings. The Hall–Kier alpha value is -6.30. The molecule has 2 aliphatic heterocycles. The molecule has 12 nitrogen and oxygen atoms in total. The number of rotatable bonds is 7. The predicted molar refractivity (Wildman–Crippen MR) is 188 cm³/mol. The highest BCUT2D eigenvalue weighted by Crippen LogP contribution is 2.62. The second-order valence-corrected chi connectivity index (χ2v) is 13.1. The largest absolute Gasteiger partial charge is 0.502 e. The lowest BCUT2D eigenvalue weighted by atomic mass is 9.53. The molecule has 258 valence electrons. The number of amides is 2. The number of nitrogens with one attached hydrogen (secondary N) is 1. The van der Waals surface area contributed by atoms with Crippen molar-refractivity contribution in [1.82, 2.24) is 18.9 Å². The third-order valence-electron chi connectivity index (χ3n) is 10.5. The van der Waals surface area contributed by atoms with Crippen LogP contribution in [0.25, 0.3) is 5.69 Å². The highest BCUT2D eigenvalue weighted by Gasteiger charge is 2.69. The Morgan fingerprint density at radius 2 is 1.45 bits per heavy atom. The lowest BCUT2D eigenvalue weighted by molar-refractivity contribution is -0.138. The number of allylic oxidation sites excluding steroid dienone is 2. The number of ether oxygens (including phenoxy) is 2. The fourth-order valence-electron chi connectivity index (χ4n) is 8.26. The molecule has 51 heavy (non-hydrogen) atoms. The highest BCUT2D eigenvalue weighted by molar-refractivity contribution is 6.12. The number of carbonyl (C=O) groups is 2. The average molecular weight is 686 g/mol. The van der Waals surface area contributed by atoms with Crippen molar-refractivity contribution in [2.75, 3.05) is 19.6 Å². The van der Waals surface area contributed by atoms with E-state index in [4.69, 9.17) is 9.47 Å². The summed E-state index contributed by atoms with van der Waals surface area (Å²) in [6, 6.07) is 27.7.